The number of hydrogen-bond donors (Lipinski definition) is 1. The van der Waals surface area contributed by atoms with Gasteiger partial charge in [0.25, 0.3) is 0 Å². The van der Waals surface area contributed by atoms with E-state index in [2.05, 4.69) is 29.1 Å². The molecule has 0 bridgehead atoms. The van der Waals surface area contributed by atoms with Gasteiger partial charge in [-0.1, -0.05) is 19.1 Å². The molecule has 0 spiro atoms. The van der Waals surface area contributed by atoms with Crippen molar-refractivity contribution in [2.24, 2.45) is 0 Å². The number of hydrogen-bond acceptors (Lipinski definition) is 1. The van der Waals surface area contributed by atoms with Gasteiger partial charge in [-0.15, -0.1) is 0 Å². The quantitative estimate of drug-likeness (QED) is 0.775. The number of halogens is 1. The summed E-state index contributed by atoms with van der Waals surface area (Å²) in [6.07, 6.45) is 3.20. The SMILES string of the molecule is CCCNCc1cccn1Cc1ccc(F)cc1. The summed E-state index contributed by atoms with van der Waals surface area (Å²) in [5, 5.41) is 3.39. The van der Waals surface area contributed by atoms with Gasteiger partial charge >= 0.3 is 0 Å². The van der Waals surface area contributed by atoms with Crippen molar-refractivity contribution in [3.8, 4) is 0 Å². The molecule has 1 heterocycles. The van der Waals surface area contributed by atoms with Crippen molar-refractivity contribution in [1.29, 1.82) is 0 Å². The molecule has 0 aliphatic heterocycles. The van der Waals surface area contributed by atoms with Gasteiger partial charge in [-0.3, -0.25) is 0 Å². The highest BCUT2D eigenvalue weighted by molar-refractivity contribution is 5.18. The first-order valence-electron chi connectivity index (χ1n) is 6.39. The van der Waals surface area contributed by atoms with Crippen LogP contribution in [0.1, 0.15) is 24.6 Å². The summed E-state index contributed by atoms with van der Waals surface area (Å²) in [6.45, 7) is 4.85. The Hall–Kier alpha value is -1.61. The third-order valence-corrected chi connectivity index (χ3v) is 2.92. The van der Waals surface area contributed by atoms with Crippen molar-refractivity contribution in [2.75, 3.05) is 6.54 Å². The van der Waals surface area contributed by atoms with Crippen molar-refractivity contribution in [3.05, 3.63) is 59.7 Å². The van der Waals surface area contributed by atoms with E-state index in [9.17, 15) is 4.39 Å². The van der Waals surface area contributed by atoms with Crippen LogP contribution >= 0.6 is 0 Å². The molecule has 2 nitrogen and oxygen atoms in total. The smallest absolute Gasteiger partial charge is 0.123 e. The molecule has 0 atom stereocenters. The van der Waals surface area contributed by atoms with E-state index in [1.807, 2.05) is 18.2 Å². The Balaban J connectivity index is 2.00. The minimum absolute atomic E-state index is 0.184. The van der Waals surface area contributed by atoms with Gasteiger partial charge in [0.1, 0.15) is 5.82 Å². The molecule has 1 aromatic heterocycles. The Morgan fingerprint density at radius 3 is 2.67 bits per heavy atom. The molecular weight excluding hydrogens is 227 g/mol. The van der Waals surface area contributed by atoms with Crippen LogP contribution in [0.15, 0.2) is 42.6 Å². The van der Waals surface area contributed by atoms with Crippen LogP contribution in [0.2, 0.25) is 0 Å². The number of benzene rings is 1. The Morgan fingerprint density at radius 1 is 1.17 bits per heavy atom. The highest BCUT2D eigenvalue weighted by Gasteiger charge is 2.01. The van der Waals surface area contributed by atoms with Crippen LogP contribution in [-0.4, -0.2) is 11.1 Å². The summed E-state index contributed by atoms with van der Waals surface area (Å²) in [5.41, 5.74) is 2.37. The Morgan fingerprint density at radius 2 is 1.94 bits per heavy atom. The predicted octanol–water partition coefficient (Wildman–Crippen LogP) is 3.18. The maximum atomic E-state index is 12.8. The minimum atomic E-state index is -0.184. The van der Waals surface area contributed by atoms with Crippen LogP contribution in [0.3, 0.4) is 0 Å². The average molecular weight is 246 g/mol. The first-order chi connectivity index (χ1) is 8.79. The van der Waals surface area contributed by atoms with E-state index < -0.39 is 0 Å². The summed E-state index contributed by atoms with van der Waals surface area (Å²) in [5.74, 6) is -0.184. The van der Waals surface area contributed by atoms with Crippen molar-refractivity contribution in [1.82, 2.24) is 9.88 Å². The monoisotopic (exact) mass is 246 g/mol. The highest BCUT2D eigenvalue weighted by atomic mass is 19.1. The molecule has 3 heteroatoms. The number of nitrogens with zero attached hydrogens (tertiary/aromatic N) is 1. The van der Waals surface area contributed by atoms with Crippen LogP contribution in [0.25, 0.3) is 0 Å². The second kappa shape index (κ2) is 6.36. The molecule has 18 heavy (non-hydrogen) atoms. The normalized spacial score (nSPS) is 10.8. The molecule has 1 N–H and O–H groups in total. The second-order valence-electron chi connectivity index (χ2n) is 4.43. The van der Waals surface area contributed by atoms with E-state index in [4.69, 9.17) is 0 Å². The van der Waals surface area contributed by atoms with Crippen LogP contribution in [0, 0.1) is 5.82 Å². The van der Waals surface area contributed by atoms with Crippen molar-refractivity contribution < 1.29 is 4.39 Å². The van der Waals surface area contributed by atoms with Gasteiger partial charge in [0.2, 0.25) is 0 Å². The summed E-state index contributed by atoms with van der Waals surface area (Å²) >= 11 is 0. The van der Waals surface area contributed by atoms with Crippen molar-refractivity contribution in [3.63, 3.8) is 0 Å². The van der Waals surface area contributed by atoms with Gasteiger partial charge in [0.05, 0.1) is 0 Å². The lowest BCUT2D eigenvalue weighted by molar-refractivity contribution is 0.621. The molecule has 2 rings (SSSR count). The lowest BCUT2D eigenvalue weighted by Crippen LogP contribution is -2.16. The van der Waals surface area contributed by atoms with Crippen LogP contribution < -0.4 is 5.32 Å². The van der Waals surface area contributed by atoms with E-state index in [-0.39, 0.29) is 5.82 Å². The third-order valence-electron chi connectivity index (χ3n) is 2.92. The molecule has 0 aliphatic rings. The molecule has 0 fully saturated rings. The third kappa shape index (κ3) is 3.44. The molecule has 96 valence electrons. The van der Waals surface area contributed by atoms with Crippen LogP contribution in [0.4, 0.5) is 4.39 Å². The molecule has 1 aromatic carbocycles. The van der Waals surface area contributed by atoms with Gasteiger partial charge in [-0.05, 0) is 42.8 Å². The largest absolute Gasteiger partial charge is 0.346 e. The molecule has 0 radical (unpaired) electrons. The second-order valence-corrected chi connectivity index (χ2v) is 4.43. The molecule has 2 aromatic rings. The first kappa shape index (κ1) is 12.8. The Labute approximate surface area is 107 Å². The highest BCUT2D eigenvalue weighted by Crippen LogP contribution is 2.09. The maximum Gasteiger partial charge on any atom is 0.123 e. The minimum Gasteiger partial charge on any atom is -0.346 e. The fraction of sp³-hybridized carbons (Fsp3) is 0.333. The number of rotatable bonds is 6. The molecule has 0 aliphatic carbocycles. The van der Waals surface area contributed by atoms with E-state index in [0.717, 1.165) is 31.6 Å². The standard InChI is InChI=1S/C15H19FN2/c1-2-9-17-11-15-4-3-10-18(15)12-13-5-7-14(16)8-6-13/h3-8,10,17H,2,9,11-12H2,1H3. The first-order valence-corrected chi connectivity index (χ1v) is 6.39. The van der Waals surface area contributed by atoms with Gasteiger partial charge < -0.3 is 9.88 Å². The van der Waals surface area contributed by atoms with E-state index in [0.29, 0.717) is 0 Å². The fourth-order valence-electron chi connectivity index (χ4n) is 1.94. The maximum absolute atomic E-state index is 12.8. The zero-order valence-corrected chi connectivity index (χ0v) is 10.7. The molecule has 0 amide bonds. The average Bonchev–Trinajstić information content (AvgIpc) is 2.80. The molecular formula is C15H19FN2. The van der Waals surface area contributed by atoms with Gasteiger partial charge in [-0.25, -0.2) is 4.39 Å². The summed E-state index contributed by atoms with van der Waals surface area (Å²) in [7, 11) is 0. The van der Waals surface area contributed by atoms with Crippen LogP contribution in [-0.2, 0) is 13.1 Å². The summed E-state index contributed by atoms with van der Waals surface area (Å²) in [6, 6.07) is 10.8. The zero-order valence-electron chi connectivity index (χ0n) is 10.7. The van der Waals surface area contributed by atoms with Gasteiger partial charge in [0, 0.05) is 25.0 Å². The lowest BCUT2D eigenvalue weighted by Gasteiger charge is -2.10. The number of aromatic nitrogens is 1. The van der Waals surface area contributed by atoms with E-state index in [1.165, 1.54) is 17.8 Å². The number of nitrogens with one attached hydrogen (secondary N) is 1. The van der Waals surface area contributed by atoms with Gasteiger partial charge in [-0.2, -0.15) is 0 Å². The van der Waals surface area contributed by atoms with E-state index in [1.54, 1.807) is 0 Å². The molecule has 0 unspecified atom stereocenters. The Bertz CT molecular complexity index is 473. The molecule has 0 saturated carbocycles. The van der Waals surface area contributed by atoms with E-state index >= 15 is 0 Å². The summed E-state index contributed by atoms with van der Waals surface area (Å²) in [4.78, 5) is 0. The van der Waals surface area contributed by atoms with Crippen molar-refractivity contribution >= 4 is 0 Å². The van der Waals surface area contributed by atoms with Crippen molar-refractivity contribution in [2.45, 2.75) is 26.4 Å². The lowest BCUT2D eigenvalue weighted by atomic mass is 10.2. The van der Waals surface area contributed by atoms with Crippen LogP contribution in [0.5, 0.6) is 0 Å². The zero-order chi connectivity index (χ0) is 12.8. The Kier molecular flexibility index (Phi) is 4.53. The summed E-state index contributed by atoms with van der Waals surface area (Å²) < 4.78 is 15.0. The topological polar surface area (TPSA) is 17.0 Å². The molecule has 0 saturated heterocycles. The predicted molar refractivity (Wildman–Crippen MR) is 71.9 cm³/mol. The van der Waals surface area contributed by atoms with Gasteiger partial charge in [0.15, 0.2) is 0 Å². The fourth-order valence-corrected chi connectivity index (χ4v) is 1.94.